The lowest BCUT2D eigenvalue weighted by Gasteiger charge is -2.12. The van der Waals surface area contributed by atoms with Crippen LogP contribution in [0.5, 0.6) is 0 Å². The Morgan fingerprint density at radius 3 is 2.48 bits per heavy atom. The molecular weight excluding hydrogens is 316 g/mol. The highest BCUT2D eigenvalue weighted by Crippen LogP contribution is 2.11. The van der Waals surface area contributed by atoms with Crippen LogP contribution in [0.15, 0.2) is 29.2 Å². The normalized spacial score (nSPS) is 12.1. The number of unbranched alkanes of at least 4 members (excludes halogenated alkanes) is 3. The van der Waals surface area contributed by atoms with Gasteiger partial charge in [0.25, 0.3) is 5.91 Å². The standard InChI is InChI=1S/C16H22N2O4S/c1-3-4-5-6-7-8-14-9-11-15(12-10-14)23(21,22)18-13(2)16(19)17-20/h9-13,18,20H,3-6H2,1-2H3,(H,17,19)/t13-/m0/s1. The molecule has 0 aliphatic carbocycles. The number of nitrogens with one attached hydrogen (secondary N) is 2. The zero-order valence-corrected chi connectivity index (χ0v) is 14.1. The molecule has 0 aliphatic heterocycles. The van der Waals surface area contributed by atoms with Crippen molar-refractivity contribution in [1.29, 1.82) is 0 Å². The summed E-state index contributed by atoms with van der Waals surface area (Å²) in [5.74, 6) is 5.21. The molecule has 1 aromatic carbocycles. The number of benzene rings is 1. The molecule has 7 heteroatoms. The highest BCUT2D eigenvalue weighted by molar-refractivity contribution is 7.89. The second kappa shape index (κ2) is 9.30. The first kappa shape index (κ1) is 19.2. The van der Waals surface area contributed by atoms with Crippen LogP contribution < -0.4 is 10.2 Å². The summed E-state index contributed by atoms with van der Waals surface area (Å²) in [6, 6.07) is 5.03. The van der Waals surface area contributed by atoms with E-state index >= 15 is 0 Å². The molecule has 0 aliphatic rings. The van der Waals surface area contributed by atoms with Crippen molar-refractivity contribution in [2.45, 2.75) is 50.5 Å². The minimum Gasteiger partial charge on any atom is -0.289 e. The fourth-order valence-corrected chi connectivity index (χ4v) is 3.00. The molecule has 0 spiro atoms. The maximum atomic E-state index is 12.1. The van der Waals surface area contributed by atoms with Crippen LogP contribution in [0.1, 0.15) is 45.1 Å². The maximum absolute atomic E-state index is 12.1. The van der Waals surface area contributed by atoms with E-state index in [2.05, 4.69) is 23.5 Å². The minimum absolute atomic E-state index is 0.0339. The molecule has 1 rings (SSSR count). The van der Waals surface area contributed by atoms with Gasteiger partial charge in [-0.25, -0.2) is 13.9 Å². The van der Waals surface area contributed by atoms with E-state index < -0.39 is 22.0 Å². The number of carbonyl (C=O) groups is 1. The fourth-order valence-electron chi connectivity index (χ4n) is 1.80. The van der Waals surface area contributed by atoms with Crippen LogP contribution in [-0.4, -0.2) is 25.6 Å². The Hall–Kier alpha value is -1.88. The summed E-state index contributed by atoms with van der Waals surface area (Å²) in [5, 5.41) is 8.50. The van der Waals surface area contributed by atoms with Gasteiger partial charge >= 0.3 is 0 Å². The van der Waals surface area contributed by atoms with E-state index in [4.69, 9.17) is 5.21 Å². The lowest BCUT2D eigenvalue weighted by atomic mass is 10.2. The summed E-state index contributed by atoms with van der Waals surface area (Å²) in [7, 11) is -3.83. The Morgan fingerprint density at radius 2 is 1.91 bits per heavy atom. The van der Waals surface area contributed by atoms with Crippen molar-refractivity contribution in [3.05, 3.63) is 29.8 Å². The van der Waals surface area contributed by atoms with Gasteiger partial charge in [0.2, 0.25) is 10.0 Å². The second-order valence-electron chi connectivity index (χ2n) is 5.10. The van der Waals surface area contributed by atoms with Gasteiger partial charge in [0.1, 0.15) is 6.04 Å². The van der Waals surface area contributed by atoms with Gasteiger partial charge in [0, 0.05) is 12.0 Å². The van der Waals surface area contributed by atoms with E-state index in [0.29, 0.717) is 0 Å². The number of amides is 1. The second-order valence-corrected chi connectivity index (χ2v) is 6.82. The van der Waals surface area contributed by atoms with Crippen LogP contribution in [0.4, 0.5) is 0 Å². The molecule has 0 saturated carbocycles. The number of hydrogen-bond donors (Lipinski definition) is 3. The van der Waals surface area contributed by atoms with Crippen molar-refractivity contribution in [1.82, 2.24) is 10.2 Å². The third kappa shape index (κ3) is 6.40. The Labute approximate surface area is 137 Å². The number of hydrogen-bond acceptors (Lipinski definition) is 4. The van der Waals surface area contributed by atoms with Gasteiger partial charge in [0.15, 0.2) is 0 Å². The monoisotopic (exact) mass is 338 g/mol. The summed E-state index contributed by atoms with van der Waals surface area (Å²) in [6.07, 6.45) is 4.18. The first-order chi connectivity index (χ1) is 10.9. The maximum Gasteiger partial charge on any atom is 0.261 e. The third-order valence-electron chi connectivity index (χ3n) is 3.14. The molecule has 0 bridgehead atoms. The van der Waals surface area contributed by atoms with E-state index in [-0.39, 0.29) is 4.90 Å². The molecule has 0 heterocycles. The van der Waals surface area contributed by atoms with Crippen LogP contribution in [0, 0.1) is 11.8 Å². The van der Waals surface area contributed by atoms with Gasteiger partial charge in [-0.15, -0.1) is 0 Å². The number of sulfonamides is 1. The summed E-state index contributed by atoms with van der Waals surface area (Å²) < 4.78 is 26.4. The molecule has 126 valence electrons. The first-order valence-electron chi connectivity index (χ1n) is 7.46. The van der Waals surface area contributed by atoms with E-state index in [1.54, 1.807) is 12.1 Å². The molecule has 1 amide bonds. The minimum atomic E-state index is -3.83. The molecular formula is C16H22N2O4S. The Kier molecular flexibility index (Phi) is 7.75. The topological polar surface area (TPSA) is 95.5 Å². The predicted molar refractivity (Wildman–Crippen MR) is 87.2 cm³/mol. The molecule has 0 fully saturated rings. The van der Waals surface area contributed by atoms with E-state index in [1.165, 1.54) is 24.5 Å². The van der Waals surface area contributed by atoms with Gasteiger partial charge < -0.3 is 0 Å². The van der Waals surface area contributed by atoms with Crippen molar-refractivity contribution >= 4 is 15.9 Å². The van der Waals surface area contributed by atoms with Crippen molar-refractivity contribution < 1.29 is 18.4 Å². The lowest BCUT2D eigenvalue weighted by molar-refractivity contribution is -0.130. The quantitative estimate of drug-likeness (QED) is 0.306. The average Bonchev–Trinajstić information content (AvgIpc) is 2.54. The number of hydroxylamine groups is 1. The average molecular weight is 338 g/mol. The molecule has 0 radical (unpaired) electrons. The molecule has 1 atom stereocenters. The van der Waals surface area contributed by atoms with Gasteiger partial charge in [-0.3, -0.25) is 10.0 Å². The van der Waals surface area contributed by atoms with E-state index in [9.17, 15) is 13.2 Å². The SMILES string of the molecule is CCCCCC#Cc1ccc(S(=O)(=O)N[C@@H](C)C(=O)NO)cc1. The predicted octanol–water partition coefficient (Wildman–Crippen LogP) is 1.79. The molecule has 6 nitrogen and oxygen atoms in total. The number of carbonyl (C=O) groups excluding carboxylic acids is 1. The van der Waals surface area contributed by atoms with Crippen molar-refractivity contribution in [3.63, 3.8) is 0 Å². The van der Waals surface area contributed by atoms with Gasteiger partial charge in [-0.05, 0) is 37.6 Å². The van der Waals surface area contributed by atoms with Crippen molar-refractivity contribution in [2.24, 2.45) is 0 Å². The van der Waals surface area contributed by atoms with Gasteiger partial charge in [-0.1, -0.05) is 31.6 Å². The van der Waals surface area contributed by atoms with Crippen LogP contribution in [0.25, 0.3) is 0 Å². The molecule has 0 saturated heterocycles. The number of rotatable bonds is 7. The highest BCUT2D eigenvalue weighted by Gasteiger charge is 2.21. The van der Waals surface area contributed by atoms with Crippen LogP contribution in [0.2, 0.25) is 0 Å². The summed E-state index contributed by atoms with van der Waals surface area (Å²) in [4.78, 5) is 11.2. The Balaban J connectivity index is 2.73. The largest absolute Gasteiger partial charge is 0.289 e. The van der Waals surface area contributed by atoms with Crippen LogP contribution in [0.3, 0.4) is 0 Å². The Morgan fingerprint density at radius 1 is 1.26 bits per heavy atom. The van der Waals surface area contributed by atoms with E-state index in [1.807, 2.05) is 0 Å². The zero-order chi connectivity index (χ0) is 17.3. The van der Waals surface area contributed by atoms with Crippen LogP contribution in [-0.2, 0) is 14.8 Å². The van der Waals surface area contributed by atoms with Crippen molar-refractivity contribution in [3.8, 4) is 11.8 Å². The van der Waals surface area contributed by atoms with Crippen LogP contribution >= 0.6 is 0 Å². The Bertz CT molecular complexity index is 672. The molecule has 3 N–H and O–H groups in total. The molecule has 23 heavy (non-hydrogen) atoms. The summed E-state index contributed by atoms with van der Waals surface area (Å²) >= 11 is 0. The first-order valence-corrected chi connectivity index (χ1v) is 8.94. The molecule has 1 aromatic rings. The molecule has 0 unspecified atom stereocenters. The zero-order valence-electron chi connectivity index (χ0n) is 13.3. The van der Waals surface area contributed by atoms with E-state index in [0.717, 1.165) is 31.2 Å². The smallest absolute Gasteiger partial charge is 0.261 e. The highest BCUT2D eigenvalue weighted by atomic mass is 32.2. The fraction of sp³-hybridized carbons (Fsp3) is 0.438. The van der Waals surface area contributed by atoms with Gasteiger partial charge in [0.05, 0.1) is 4.90 Å². The third-order valence-corrected chi connectivity index (χ3v) is 4.69. The summed E-state index contributed by atoms with van der Waals surface area (Å²) in [6.45, 7) is 3.46. The molecule has 0 aromatic heterocycles. The summed E-state index contributed by atoms with van der Waals surface area (Å²) in [5.41, 5.74) is 2.14. The van der Waals surface area contributed by atoms with Gasteiger partial charge in [-0.2, -0.15) is 4.72 Å². The lowest BCUT2D eigenvalue weighted by Crippen LogP contribution is -2.43. The van der Waals surface area contributed by atoms with Crippen molar-refractivity contribution in [2.75, 3.05) is 0 Å².